The number of pyridine rings is 1. The third-order valence-corrected chi connectivity index (χ3v) is 3.54. The fourth-order valence-electron chi connectivity index (χ4n) is 1.92. The van der Waals surface area contributed by atoms with Crippen molar-refractivity contribution in [3.8, 4) is 0 Å². The molecule has 2 N–H and O–H groups in total. The van der Waals surface area contributed by atoms with E-state index < -0.39 is 0 Å². The number of nitrogens with zero attached hydrogens (tertiary/aromatic N) is 3. The summed E-state index contributed by atoms with van der Waals surface area (Å²) in [4.78, 5) is 9.10. The van der Waals surface area contributed by atoms with Gasteiger partial charge in [-0.05, 0) is 30.7 Å². The van der Waals surface area contributed by atoms with E-state index >= 15 is 0 Å². The SMILES string of the molecule is CSc1nc2cc(CN)cnc2n1C1CC1. The number of hydrogen-bond donors (Lipinski definition) is 1. The summed E-state index contributed by atoms with van der Waals surface area (Å²) in [6.07, 6.45) is 6.41. The molecule has 0 radical (unpaired) electrons. The third kappa shape index (κ3) is 1.51. The summed E-state index contributed by atoms with van der Waals surface area (Å²) in [6.45, 7) is 0.522. The Bertz CT molecular complexity index is 530. The Morgan fingerprint density at radius 2 is 2.38 bits per heavy atom. The van der Waals surface area contributed by atoms with E-state index in [2.05, 4.69) is 20.8 Å². The first-order valence-corrected chi connectivity index (χ1v) is 6.67. The Morgan fingerprint density at radius 1 is 1.56 bits per heavy atom. The zero-order chi connectivity index (χ0) is 11.1. The highest BCUT2D eigenvalue weighted by Crippen LogP contribution is 2.40. The quantitative estimate of drug-likeness (QED) is 0.825. The summed E-state index contributed by atoms with van der Waals surface area (Å²) in [7, 11) is 0. The van der Waals surface area contributed by atoms with E-state index in [1.165, 1.54) is 12.8 Å². The molecule has 2 aromatic rings. The molecule has 4 nitrogen and oxygen atoms in total. The lowest BCUT2D eigenvalue weighted by Crippen LogP contribution is -1.99. The molecule has 84 valence electrons. The summed E-state index contributed by atoms with van der Waals surface area (Å²) < 4.78 is 2.26. The molecule has 0 aromatic carbocycles. The lowest BCUT2D eigenvalue weighted by atomic mass is 10.3. The van der Waals surface area contributed by atoms with Crippen molar-refractivity contribution in [2.45, 2.75) is 30.6 Å². The molecule has 1 saturated carbocycles. The maximum Gasteiger partial charge on any atom is 0.170 e. The van der Waals surface area contributed by atoms with Gasteiger partial charge in [-0.25, -0.2) is 9.97 Å². The van der Waals surface area contributed by atoms with Crippen LogP contribution in [-0.4, -0.2) is 20.8 Å². The molecule has 0 bridgehead atoms. The zero-order valence-electron chi connectivity index (χ0n) is 9.18. The number of nitrogens with two attached hydrogens (primary N) is 1. The summed E-state index contributed by atoms with van der Waals surface area (Å²) in [5.74, 6) is 0. The molecule has 2 heterocycles. The van der Waals surface area contributed by atoms with Crippen LogP contribution in [0.25, 0.3) is 11.2 Å². The monoisotopic (exact) mass is 234 g/mol. The van der Waals surface area contributed by atoms with Crippen molar-refractivity contribution in [3.05, 3.63) is 17.8 Å². The van der Waals surface area contributed by atoms with Crippen molar-refractivity contribution < 1.29 is 0 Å². The van der Waals surface area contributed by atoms with Gasteiger partial charge in [-0.2, -0.15) is 0 Å². The molecular weight excluding hydrogens is 220 g/mol. The van der Waals surface area contributed by atoms with Gasteiger partial charge in [0.1, 0.15) is 5.52 Å². The Kier molecular flexibility index (Phi) is 2.37. The van der Waals surface area contributed by atoms with E-state index in [1.807, 2.05) is 12.3 Å². The molecule has 0 spiro atoms. The maximum absolute atomic E-state index is 5.61. The summed E-state index contributed by atoms with van der Waals surface area (Å²) in [6, 6.07) is 2.66. The summed E-state index contributed by atoms with van der Waals surface area (Å²) in [5.41, 5.74) is 8.63. The molecular formula is C11H14N4S. The van der Waals surface area contributed by atoms with Crippen LogP contribution < -0.4 is 5.73 Å². The van der Waals surface area contributed by atoms with E-state index in [0.717, 1.165) is 21.9 Å². The second-order valence-electron chi connectivity index (χ2n) is 4.09. The van der Waals surface area contributed by atoms with E-state index in [9.17, 15) is 0 Å². The van der Waals surface area contributed by atoms with E-state index in [-0.39, 0.29) is 0 Å². The Morgan fingerprint density at radius 3 is 3.00 bits per heavy atom. The first-order valence-electron chi connectivity index (χ1n) is 5.44. The number of rotatable bonds is 3. The number of fused-ring (bicyclic) bond motifs is 1. The van der Waals surface area contributed by atoms with Crippen LogP contribution in [0.15, 0.2) is 17.4 Å². The van der Waals surface area contributed by atoms with Crippen molar-refractivity contribution in [1.82, 2.24) is 14.5 Å². The molecule has 0 unspecified atom stereocenters. The smallest absolute Gasteiger partial charge is 0.170 e. The van der Waals surface area contributed by atoms with Gasteiger partial charge in [0, 0.05) is 18.8 Å². The Hall–Kier alpha value is -1.07. The molecule has 16 heavy (non-hydrogen) atoms. The second kappa shape index (κ2) is 3.75. The van der Waals surface area contributed by atoms with Crippen LogP contribution in [0.2, 0.25) is 0 Å². The van der Waals surface area contributed by atoms with Crippen LogP contribution in [0.5, 0.6) is 0 Å². The predicted octanol–water partition coefficient (Wildman–Crippen LogP) is 1.95. The highest BCUT2D eigenvalue weighted by Gasteiger charge is 2.28. The lowest BCUT2D eigenvalue weighted by Gasteiger charge is -2.03. The van der Waals surface area contributed by atoms with E-state index in [0.29, 0.717) is 12.6 Å². The fourth-order valence-corrected chi connectivity index (χ4v) is 2.54. The second-order valence-corrected chi connectivity index (χ2v) is 4.86. The minimum Gasteiger partial charge on any atom is -0.326 e. The predicted molar refractivity (Wildman–Crippen MR) is 65.5 cm³/mol. The fraction of sp³-hybridized carbons (Fsp3) is 0.455. The van der Waals surface area contributed by atoms with Crippen molar-refractivity contribution in [2.24, 2.45) is 5.73 Å². The van der Waals surface area contributed by atoms with Crippen LogP contribution in [0.3, 0.4) is 0 Å². The van der Waals surface area contributed by atoms with Crippen molar-refractivity contribution in [3.63, 3.8) is 0 Å². The highest BCUT2D eigenvalue weighted by molar-refractivity contribution is 7.98. The van der Waals surface area contributed by atoms with Crippen molar-refractivity contribution >= 4 is 22.9 Å². The van der Waals surface area contributed by atoms with Gasteiger partial charge in [0.15, 0.2) is 10.8 Å². The average Bonchev–Trinajstić information content (AvgIpc) is 3.08. The molecule has 3 rings (SSSR count). The van der Waals surface area contributed by atoms with Crippen LogP contribution >= 0.6 is 11.8 Å². The molecule has 1 aliphatic carbocycles. The normalized spacial score (nSPS) is 15.9. The van der Waals surface area contributed by atoms with Gasteiger partial charge in [-0.3, -0.25) is 0 Å². The molecule has 0 amide bonds. The van der Waals surface area contributed by atoms with Gasteiger partial charge in [0.2, 0.25) is 0 Å². The maximum atomic E-state index is 5.61. The van der Waals surface area contributed by atoms with Gasteiger partial charge in [-0.1, -0.05) is 11.8 Å². The molecule has 0 saturated heterocycles. The largest absolute Gasteiger partial charge is 0.326 e. The van der Waals surface area contributed by atoms with Crippen LogP contribution in [-0.2, 0) is 6.54 Å². The molecule has 1 aliphatic rings. The number of hydrogen-bond acceptors (Lipinski definition) is 4. The Balaban J connectivity index is 2.21. The van der Waals surface area contributed by atoms with Gasteiger partial charge in [-0.15, -0.1) is 0 Å². The molecule has 2 aromatic heterocycles. The minimum atomic E-state index is 0.522. The topological polar surface area (TPSA) is 56.7 Å². The molecule has 1 fully saturated rings. The summed E-state index contributed by atoms with van der Waals surface area (Å²) in [5, 5.41) is 1.07. The summed E-state index contributed by atoms with van der Waals surface area (Å²) >= 11 is 1.68. The van der Waals surface area contributed by atoms with Gasteiger partial charge in [0.25, 0.3) is 0 Å². The Labute approximate surface area is 98.3 Å². The highest BCUT2D eigenvalue weighted by atomic mass is 32.2. The first-order chi connectivity index (χ1) is 7.83. The van der Waals surface area contributed by atoms with Crippen LogP contribution in [0.4, 0.5) is 0 Å². The average molecular weight is 234 g/mol. The lowest BCUT2D eigenvalue weighted by molar-refractivity contribution is 0.679. The van der Waals surface area contributed by atoms with Gasteiger partial charge in [0.05, 0.1) is 0 Å². The number of thioether (sulfide) groups is 1. The standard InChI is InChI=1S/C11H14N4S/c1-16-11-14-9-4-7(5-12)6-13-10(9)15(11)8-2-3-8/h4,6,8H,2-3,5,12H2,1H3. The molecule has 5 heteroatoms. The van der Waals surface area contributed by atoms with Gasteiger partial charge >= 0.3 is 0 Å². The number of imidazole rings is 1. The van der Waals surface area contributed by atoms with Crippen molar-refractivity contribution in [1.29, 1.82) is 0 Å². The van der Waals surface area contributed by atoms with Crippen molar-refractivity contribution in [2.75, 3.05) is 6.26 Å². The number of aromatic nitrogens is 3. The van der Waals surface area contributed by atoms with E-state index in [4.69, 9.17) is 5.73 Å². The minimum absolute atomic E-state index is 0.522. The van der Waals surface area contributed by atoms with Crippen LogP contribution in [0, 0.1) is 0 Å². The third-order valence-electron chi connectivity index (χ3n) is 2.88. The molecule has 0 aliphatic heterocycles. The van der Waals surface area contributed by atoms with Gasteiger partial charge < -0.3 is 10.3 Å². The van der Waals surface area contributed by atoms with E-state index in [1.54, 1.807) is 11.8 Å². The first kappa shape index (κ1) is 10.1. The zero-order valence-corrected chi connectivity index (χ0v) is 10.00. The van der Waals surface area contributed by atoms with Crippen LogP contribution in [0.1, 0.15) is 24.4 Å². The molecule has 0 atom stereocenters.